The zero-order chi connectivity index (χ0) is 15.1. The van der Waals surface area contributed by atoms with Gasteiger partial charge in [0.05, 0.1) is 6.42 Å². The van der Waals surface area contributed by atoms with Crippen LogP contribution in [0.25, 0.3) is 0 Å². The van der Waals surface area contributed by atoms with Crippen LogP contribution in [0.2, 0.25) is 5.02 Å². The molecule has 20 heavy (non-hydrogen) atoms. The van der Waals surface area contributed by atoms with E-state index in [0.717, 1.165) is 0 Å². The molecule has 0 aromatic heterocycles. The number of carbonyl (C=O) groups excluding carboxylic acids is 1. The summed E-state index contributed by atoms with van der Waals surface area (Å²) < 4.78 is 13.5. The van der Waals surface area contributed by atoms with Crippen molar-refractivity contribution in [3.8, 4) is 0 Å². The highest BCUT2D eigenvalue weighted by molar-refractivity contribution is 6.31. The minimum absolute atomic E-state index is 0.0688. The molecule has 1 aromatic rings. The fourth-order valence-corrected chi connectivity index (χ4v) is 2.05. The Balaban J connectivity index is 2.45. The summed E-state index contributed by atoms with van der Waals surface area (Å²) >= 11 is 5.84. The molecule has 0 aliphatic carbocycles. The van der Waals surface area contributed by atoms with Gasteiger partial charge in [0.1, 0.15) is 5.82 Å². The number of amides is 1. The van der Waals surface area contributed by atoms with E-state index in [2.05, 4.69) is 5.32 Å². The summed E-state index contributed by atoms with van der Waals surface area (Å²) in [5, 5.41) is 11.4. The fraction of sp³-hybridized carbons (Fsp3) is 0.429. The summed E-state index contributed by atoms with van der Waals surface area (Å²) in [5.74, 6) is -1.70. The molecule has 0 aliphatic heterocycles. The Kier molecular flexibility index (Phi) is 6.45. The molecule has 0 radical (unpaired) electrons. The number of rotatable bonds is 7. The quantitative estimate of drug-likeness (QED) is 0.814. The van der Waals surface area contributed by atoms with E-state index in [1.165, 1.54) is 18.2 Å². The van der Waals surface area contributed by atoms with Crippen molar-refractivity contribution in [2.24, 2.45) is 0 Å². The van der Waals surface area contributed by atoms with Crippen LogP contribution < -0.4 is 5.32 Å². The molecule has 2 N–H and O–H groups in total. The molecule has 1 rings (SSSR count). The van der Waals surface area contributed by atoms with Crippen LogP contribution in [-0.4, -0.2) is 23.0 Å². The summed E-state index contributed by atoms with van der Waals surface area (Å²) in [7, 11) is 0. The highest BCUT2D eigenvalue weighted by Gasteiger charge is 2.13. The van der Waals surface area contributed by atoms with Gasteiger partial charge >= 0.3 is 5.97 Å². The Labute approximate surface area is 121 Å². The normalized spacial score (nSPS) is 11.9. The van der Waals surface area contributed by atoms with Crippen molar-refractivity contribution in [1.29, 1.82) is 0 Å². The second-order valence-corrected chi connectivity index (χ2v) is 5.04. The molecule has 0 saturated heterocycles. The molecule has 0 aliphatic rings. The van der Waals surface area contributed by atoms with Gasteiger partial charge in [0.25, 0.3) is 0 Å². The van der Waals surface area contributed by atoms with Crippen LogP contribution in [0, 0.1) is 5.82 Å². The number of nitrogens with one attached hydrogen (secondary N) is 1. The molecule has 0 heterocycles. The van der Waals surface area contributed by atoms with E-state index in [9.17, 15) is 14.0 Å². The van der Waals surface area contributed by atoms with Gasteiger partial charge in [0, 0.05) is 23.0 Å². The third-order valence-electron chi connectivity index (χ3n) is 2.83. The number of carbonyl (C=O) groups is 2. The Morgan fingerprint density at radius 3 is 2.75 bits per heavy atom. The van der Waals surface area contributed by atoms with Crippen LogP contribution in [-0.2, 0) is 16.0 Å². The molecule has 0 bridgehead atoms. The van der Waals surface area contributed by atoms with E-state index >= 15 is 0 Å². The molecule has 110 valence electrons. The number of halogens is 2. The fourth-order valence-electron chi connectivity index (χ4n) is 1.82. The summed E-state index contributed by atoms with van der Waals surface area (Å²) in [6.07, 6.45) is 0.981. The average Bonchev–Trinajstić information content (AvgIpc) is 2.33. The van der Waals surface area contributed by atoms with Gasteiger partial charge in [-0.2, -0.15) is 0 Å². The molecular weight excluding hydrogens is 285 g/mol. The van der Waals surface area contributed by atoms with E-state index in [1.807, 2.05) is 0 Å². The van der Waals surface area contributed by atoms with Gasteiger partial charge in [-0.25, -0.2) is 4.39 Å². The van der Waals surface area contributed by atoms with Crippen LogP contribution in [0.5, 0.6) is 0 Å². The second-order valence-electron chi connectivity index (χ2n) is 4.63. The van der Waals surface area contributed by atoms with Crippen molar-refractivity contribution in [3.05, 3.63) is 34.6 Å². The molecule has 0 spiro atoms. The van der Waals surface area contributed by atoms with Gasteiger partial charge in [-0.15, -0.1) is 0 Å². The van der Waals surface area contributed by atoms with Crippen molar-refractivity contribution in [1.82, 2.24) is 5.32 Å². The van der Waals surface area contributed by atoms with Gasteiger partial charge in [-0.3, -0.25) is 9.59 Å². The Hall–Kier alpha value is -1.62. The summed E-state index contributed by atoms with van der Waals surface area (Å²) in [6, 6.07) is 4.11. The van der Waals surface area contributed by atoms with Crippen LogP contribution in [0.4, 0.5) is 4.39 Å². The highest BCUT2D eigenvalue weighted by Crippen LogP contribution is 2.19. The first-order valence-corrected chi connectivity index (χ1v) is 6.72. The lowest BCUT2D eigenvalue weighted by atomic mass is 10.1. The average molecular weight is 302 g/mol. The molecule has 1 atom stereocenters. The van der Waals surface area contributed by atoms with Crippen molar-refractivity contribution < 1.29 is 19.1 Å². The molecule has 6 heteroatoms. The number of carboxylic acids is 1. The summed E-state index contributed by atoms with van der Waals surface area (Å²) in [4.78, 5) is 22.1. The van der Waals surface area contributed by atoms with Crippen molar-refractivity contribution in [2.45, 2.75) is 38.6 Å². The molecule has 1 amide bonds. The number of aliphatic carboxylic acids is 1. The van der Waals surface area contributed by atoms with Gasteiger partial charge < -0.3 is 10.4 Å². The van der Waals surface area contributed by atoms with Crippen molar-refractivity contribution in [3.63, 3.8) is 0 Å². The third-order valence-corrected chi connectivity index (χ3v) is 3.19. The standard InChI is InChI=1S/C14H17ClFNO3/c1-9(4-2-7-14(19)20)17-13(18)8-10-11(15)5-3-6-12(10)16/h3,5-6,9H,2,4,7-8H2,1H3,(H,17,18)(H,19,20). The maximum Gasteiger partial charge on any atom is 0.303 e. The lowest BCUT2D eigenvalue weighted by Crippen LogP contribution is -2.34. The first-order valence-electron chi connectivity index (χ1n) is 6.34. The summed E-state index contributed by atoms with van der Waals surface area (Å²) in [5.41, 5.74) is 0.171. The number of hydrogen-bond acceptors (Lipinski definition) is 2. The van der Waals surface area contributed by atoms with Crippen molar-refractivity contribution in [2.75, 3.05) is 0 Å². The number of benzene rings is 1. The first-order chi connectivity index (χ1) is 9.40. The maximum atomic E-state index is 13.5. The molecule has 0 saturated carbocycles. The third kappa shape index (κ3) is 5.57. The van der Waals surface area contributed by atoms with Crippen LogP contribution in [0.1, 0.15) is 31.7 Å². The molecule has 4 nitrogen and oxygen atoms in total. The zero-order valence-electron chi connectivity index (χ0n) is 11.2. The topological polar surface area (TPSA) is 66.4 Å². The smallest absolute Gasteiger partial charge is 0.303 e. The Bertz CT molecular complexity index is 473. The van der Waals surface area contributed by atoms with E-state index in [1.54, 1.807) is 6.92 Å². The summed E-state index contributed by atoms with van der Waals surface area (Å²) in [6.45, 7) is 1.78. The van der Waals surface area contributed by atoms with Crippen molar-refractivity contribution >= 4 is 23.5 Å². The van der Waals surface area contributed by atoms with Crippen LogP contribution in [0.15, 0.2) is 18.2 Å². The van der Waals surface area contributed by atoms with Gasteiger partial charge in [0.15, 0.2) is 0 Å². The Morgan fingerprint density at radius 1 is 1.45 bits per heavy atom. The predicted molar refractivity (Wildman–Crippen MR) is 74.2 cm³/mol. The van der Waals surface area contributed by atoms with Gasteiger partial charge in [-0.05, 0) is 31.9 Å². The van der Waals surface area contributed by atoms with Crippen LogP contribution in [0.3, 0.4) is 0 Å². The van der Waals surface area contributed by atoms with Gasteiger partial charge in [0.2, 0.25) is 5.91 Å². The maximum absolute atomic E-state index is 13.5. The molecule has 0 fully saturated rings. The minimum Gasteiger partial charge on any atom is -0.481 e. The number of carboxylic acid groups (broad SMARTS) is 1. The first kappa shape index (κ1) is 16.4. The molecule has 1 aromatic carbocycles. The van der Waals surface area contributed by atoms with E-state index in [-0.39, 0.29) is 35.4 Å². The number of hydrogen-bond donors (Lipinski definition) is 2. The zero-order valence-corrected chi connectivity index (χ0v) is 11.9. The minimum atomic E-state index is -0.860. The highest BCUT2D eigenvalue weighted by atomic mass is 35.5. The molecule has 1 unspecified atom stereocenters. The lowest BCUT2D eigenvalue weighted by Gasteiger charge is -2.14. The van der Waals surface area contributed by atoms with Gasteiger partial charge in [-0.1, -0.05) is 17.7 Å². The monoisotopic (exact) mass is 301 g/mol. The Morgan fingerprint density at radius 2 is 2.15 bits per heavy atom. The van der Waals surface area contributed by atoms with E-state index < -0.39 is 11.8 Å². The lowest BCUT2D eigenvalue weighted by molar-refractivity contribution is -0.137. The van der Waals surface area contributed by atoms with E-state index in [0.29, 0.717) is 12.8 Å². The SMILES string of the molecule is CC(CCCC(=O)O)NC(=O)Cc1c(F)cccc1Cl. The molecular formula is C14H17ClFNO3. The van der Waals surface area contributed by atoms with Crippen LogP contribution >= 0.6 is 11.6 Å². The predicted octanol–water partition coefficient (Wildman–Crippen LogP) is 2.78. The largest absolute Gasteiger partial charge is 0.481 e. The second kappa shape index (κ2) is 7.85. The van der Waals surface area contributed by atoms with E-state index in [4.69, 9.17) is 16.7 Å².